The molecule has 1 aromatic heterocycles. The Balaban J connectivity index is 1.44. The normalized spacial score (nSPS) is 15.0. The molecule has 0 saturated heterocycles. The third-order valence-corrected chi connectivity index (χ3v) is 8.38. The van der Waals surface area contributed by atoms with Crippen molar-refractivity contribution in [2.75, 3.05) is 29.6 Å². The second-order valence-corrected chi connectivity index (χ2v) is 11.3. The zero-order chi connectivity index (χ0) is 28.2. The number of anilines is 3. The third-order valence-electron chi connectivity index (χ3n) is 7.06. The van der Waals surface area contributed by atoms with Crippen LogP contribution in [0.25, 0.3) is 11.1 Å². The van der Waals surface area contributed by atoms with Gasteiger partial charge in [-0.3, -0.25) is 9.80 Å². The highest BCUT2D eigenvalue weighted by Crippen LogP contribution is 2.51. The van der Waals surface area contributed by atoms with Crippen molar-refractivity contribution in [2.24, 2.45) is 0 Å². The van der Waals surface area contributed by atoms with Gasteiger partial charge in [-0.25, -0.2) is 9.80 Å². The van der Waals surface area contributed by atoms with Gasteiger partial charge in [-0.1, -0.05) is 29.8 Å². The Morgan fingerprint density at radius 2 is 1.75 bits per heavy atom. The summed E-state index contributed by atoms with van der Waals surface area (Å²) in [7, 11) is 3.19. The number of carbonyl (C=O) groups is 2. The summed E-state index contributed by atoms with van der Waals surface area (Å²) in [6.07, 6.45) is 0. The number of para-hydroxylation sites is 2. The van der Waals surface area contributed by atoms with Crippen molar-refractivity contribution >= 4 is 51.9 Å². The van der Waals surface area contributed by atoms with Gasteiger partial charge in [0.2, 0.25) is 0 Å². The minimum absolute atomic E-state index is 0.0803. The Kier molecular flexibility index (Phi) is 6.35. The molecule has 8 nitrogen and oxygen atoms in total. The van der Waals surface area contributed by atoms with Gasteiger partial charge in [0.15, 0.2) is 0 Å². The van der Waals surface area contributed by atoms with E-state index in [1.807, 2.05) is 61.3 Å². The molecule has 1 amide bonds. The second-order valence-electron chi connectivity index (χ2n) is 9.93. The maximum Gasteiger partial charge on any atom is 0.355 e. The topological polar surface area (TPSA) is 80.3 Å². The van der Waals surface area contributed by atoms with Crippen molar-refractivity contribution in [1.29, 1.82) is 0 Å². The van der Waals surface area contributed by atoms with Gasteiger partial charge >= 0.3 is 5.97 Å². The fourth-order valence-corrected chi connectivity index (χ4v) is 6.19. The van der Waals surface area contributed by atoms with Gasteiger partial charge in [-0.15, -0.1) is 11.3 Å². The van der Waals surface area contributed by atoms with Crippen LogP contribution in [0.3, 0.4) is 0 Å². The predicted molar refractivity (Wildman–Crippen MR) is 157 cm³/mol. The van der Waals surface area contributed by atoms with Gasteiger partial charge < -0.3 is 19.5 Å². The molecule has 0 atom stereocenters. The van der Waals surface area contributed by atoms with Crippen LogP contribution in [-0.4, -0.2) is 31.6 Å². The van der Waals surface area contributed by atoms with Crippen LogP contribution >= 0.6 is 22.9 Å². The van der Waals surface area contributed by atoms with Crippen molar-refractivity contribution in [3.8, 4) is 28.4 Å². The number of benzene rings is 3. The molecule has 0 saturated carbocycles. The fraction of sp³-hybridized carbons (Fsp3) is 0.200. The zero-order valence-electron chi connectivity index (χ0n) is 22.3. The van der Waals surface area contributed by atoms with E-state index in [4.69, 9.17) is 25.8 Å². The molecule has 0 bridgehead atoms. The first-order chi connectivity index (χ1) is 19.2. The first-order valence-corrected chi connectivity index (χ1v) is 13.8. The smallest absolute Gasteiger partial charge is 0.355 e. The average Bonchev–Trinajstić information content (AvgIpc) is 3.56. The molecule has 10 heteroatoms. The first kappa shape index (κ1) is 26.0. The second kappa shape index (κ2) is 9.76. The van der Waals surface area contributed by atoms with E-state index in [-0.39, 0.29) is 5.91 Å². The largest absolute Gasteiger partial charge is 0.496 e. The number of esters is 1. The van der Waals surface area contributed by atoms with Crippen LogP contribution in [0.5, 0.6) is 17.2 Å². The van der Waals surface area contributed by atoms with Gasteiger partial charge in [0.1, 0.15) is 33.4 Å². The molecule has 40 heavy (non-hydrogen) atoms. The quantitative estimate of drug-likeness (QED) is 0.200. The number of ether oxygens (including phenoxy) is 3. The Hall–Kier alpha value is -4.21. The van der Waals surface area contributed by atoms with Crippen LogP contribution in [-0.2, 0) is 11.3 Å². The lowest BCUT2D eigenvalue weighted by Gasteiger charge is -2.41. The molecule has 3 heterocycles. The molecule has 3 aromatic carbocycles. The summed E-state index contributed by atoms with van der Waals surface area (Å²) in [4.78, 5) is 26.8. The van der Waals surface area contributed by atoms with Gasteiger partial charge in [-0.2, -0.15) is 0 Å². The SMILES string of the molecule is COc1cc(OC(=O)c2sccc2Cl)ccc1-c1ccc2c3c1CN(c1ccccc1OC)N3C(=O)C(C)(C)N2. The number of hydrogen-bond donors (Lipinski definition) is 1. The van der Waals surface area contributed by atoms with Gasteiger partial charge in [0.05, 0.1) is 37.2 Å². The molecule has 0 aliphatic carbocycles. The van der Waals surface area contributed by atoms with E-state index < -0.39 is 11.5 Å². The molecule has 0 unspecified atom stereocenters. The Labute approximate surface area is 240 Å². The molecular formula is C30H26ClN3O5S. The van der Waals surface area contributed by atoms with E-state index in [1.54, 1.807) is 42.8 Å². The standard InChI is InChI=1S/C30H26ClN3O5S/c1-30(2)29(36)34-26-20(16-33(34)23-7-5-6-8-24(23)37-3)18(11-12-22(26)32-30)19-10-9-17(15-25(19)38-4)39-28(35)27-21(31)13-14-40-27/h5-15,32H,16H2,1-4H3. The lowest BCUT2D eigenvalue weighted by molar-refractivity contribution is -0.122. The third kappa shape index (κ3) is 4.13. The number of nitrogens with zero attached hydrogens (tertiary/aromatic N) is 2. The minimum Gasteiger partial charge on any atom is -0.496 e. The van der Waals surface area contributed by atoms with Crippen molar-refractivity contribution in [3.63, 3.8) is 0 Å². The number of halogens is 1. The molecule has 0 spiro atoms. The fourth-order valence-electron chi connectivity index (χ4n) is 5.19. The predicted octanol–water partition coefficient (Wildman–Crippen LogP) is 6.78. The summed E-state index contributed by atoms with van der Waals surface area (Å²) in [6, 6.07) is 18.6. The van der Waals surface area contributed by atoms with Crippen LogP contribution in [0.2, 0.25) is 5.02 Å². The summed E-state index contributed by atoms with van der Waals surface area (Å²) >= 11 is 7.32. The van der Waals surface area contributed by atoms with Crippen LogP contribution in [0.4, 0.5) is 17.1 Å². The number of carbonyl (C=O) groups excluding carboxylic acids is 2. The van der Waals surface area contributed by atoms with Crippen molar-refractivity contribution in [2.45, 2.75) is 25.9 Å². The maximum atomic E-state index is 13.8. The molecule has 0 fully saturated rings. The van der Waals surface area contributed by atoms with Gasteiger partial charge in [0, 0.05) is 17.2 Å². The monoisotopic (exact) mass is 575 g/mol. The Morgan fingerprint density at radius 1 is 1.00 bits per heavy atom. The summed E-state index contributed by atoms with van der Waals surface area (Å²) < 4.78 is 17.0. The number of hydrazine groups is 1. The van der Waals surface area contributed by atoms with Crippen molar-refractivity contribution < 1.29 is 23.8 Å². The zero-order valence-corrected chi connectivity index (χ0v) is 23.9. The summed E-state index contributed by atoms with van der Waals surface area (Å²) in [6.45, 7) is 4.17. The first-order valence-electron chi connectivity index (χ1n) is 12.6. The van der Waals surface area contributed by atoms with Gasteiger partial charge in [-0.05, 0) is 61.2 Å². The molecule has 4 aromatic rings. The Bertz CT molecular complexity index is 1670. The molecule has 204 valence electrons. The average molecular weight is 576 g/mol. The van der Waals surface area contributed by atoms with E-state index >= 15 is 0 Å². The molecule has 1 N–H and O–H groups in total. The highest BCUT2D eigenvalue weighted by atomic mass is 35.5. The van der Waals surface area contributed by atoms with Crippen LogP contribution < -0.4 is 29.5 Å². The lowest BCUT2D eigenvalue weighted by atomic mass is 9.93. The highest BCUT2D eigenvalue weighted by Gasteiger charge is 2.47. The summed E-state index contributed by atoms with van der Waals surface area (Å²) in [5.74, 6) is 0.912. The van der Waals surface area contributed by atoms with E-state index in [2.05, 4.69) is 5.32 Å². The highest BCUT2D eigenvalue weighted by molar-refractivity contribution is 7.12. The van der Waals surface area contributed by atoms with Crippen molar-refractivity contribution in [1.82, 2.24) is 0 Å². The number of nitrogens with one attached hydrogen (secondary N) is 1. The van der Waals surface area contributed by atoms with Crippen LogP contribution in [0.1, 0.15) is 29.1 Å². The minimum atomic E-state index is -0.814. The Morgan fingerprint density at radius 3 is 2.48 bits per heavy atom. The van der Waals surface area contributed by atoms with Crippen molar-refractivity contribution in [3.05, 3.63) is 81.5 Å². The van der Waals surface area contributed by atoms with E-state index in [9.17, 15) is 9.59 Å². The number of hydrogen-bond acceptors (Lipinski definition) is 8. The van der Waals surface area contributed by atoms with E-state index in [1.165, 1.54) is 11.3 Å². The molecule has 2 aliphatic heterocycles. The summed E-state index contributed by atoms with van der Waals surface area (Å²) in [5.41, 5.74) is 4.26. The number of amides is 1. The van der Waals surface area contributed by atoms with Gasteiger partial charge in [0.25, 0.3) is 5.91 Å². The molecule has 2 aliphatic rings. The van der Waals surface area contributed by atoms with Crippen LogP contribution in [0, 0.1) is 0 Å². The molecule has 0 radical (unpaired) electrons. The molecule has 6 rings (SSSR count). The van der Waals surface area contributed by atoms with Crippen LogP contribution in [0.15, 0.2) is 66.0 Å². The lowest BCUT2D eigenvalue weighted by Crippen LogP contribution is -2.57. The molecular weight excluding hydrogens is 550 g/mol. The number of methoxy groups -OCH3 is 2. The van der Waals surface area contributed by atoms with E-state index in [0.29, 0.717) is 33.7 Å². The number of thiophene rings is 1. The van der Waals surface area contributed by atoms with E-state index in [0.717, 1.165) is 33.8 Å². The maximum absolute atomic E-state index is 13.8. The number of rotatable bonds is 6. The summed E-state index contributed by atoms with van der Waals surface area (Å²) in [5, 5.41) is 9.19.